The number of hydrogen-bond acceptors (Lipinski definition) is 2. The van der Waals surface area contributed by atoms with E-state index in [-0.39, 0.29) is 18.1 Å². The zero-order chi connectivity index (χ0) is 18.9. The standard InChI is InChI=1S/C18H14F3N3O2/c19-18(20,21)12-3-1-2-10(8-12)13-6-7-26-15-5-4-11(9-14(13)15)16(25)24-17(22)23/h1-6,8-9H,7H2,(H4,22,23,24,25). The van der Waals surface area contributed by atoms with Crippen molar-refractivity contribution in [2.75, 3.05) is 6.61 Å². The van der Waals surface area contributed by atoms with E-state index >= 15 is 0 Å². The Balaban J connectivity index is 2.06. The molecule has 3 rings (SSSR count). The predicted molar refractivity (Wildman–Crippen MR) is 90.6 cm³/mol. The second-order valence-electron chi connectivity index (χ2n) is 5.56. The number of alkyl halides is 3. The number of carbonyl (C=O) groups is 1. The topological polar surface area (TPSA) is 90.7 Å². The molecular weight excluding hydrogens is 347 g/mol. The Morgan fingerprint density at radius 2 is 1.88 bits per heavy atom. The zero-order valence-electron chi connectivity index (χ0n) is 13.4. The van der Waals surface area contributed by atoms with Crippen molar-refractivity contribution in [3.8, 4) is 5.75 Å². The van der Waals surface area contributed by atoms with E-state index in [0.717, 1.165) is 12.1 Å². The summed E-state index contributed by atoms with van der Waals surface area (Å²) >= 11 is 0. The maximum absolute atomic E-state index is 13.0. The van der Waals surface area contributed by atoms with Gasteiger partial charge in [0.15, 0.2) is 5.96 Å². The predicted octanol–water partition coefficient (Wildman–Crippen LogP) is 2.94. The van der Waals surface area contributed by atoms with Gasteiger partial charge in [-0.3, -0.25) is 4.79 Å². The van der Waals surface area contributed by atoms with Crippen LogP contribution in [0.2, 0.25) is 0 Å². The number of aliphatic imine (C=N–C) groups is 1. The Labute approximate surface area is 146 Å². The SMILES string of the molecule is NC(N)=NC(=O)c1ccc2c(c1)C(c1cccc(C(F)(F)F)c1)=CCO2. The number of carbonyl (C=O) groups excluding carboxylic acids is 1. The van der Waals surface area contributed by atoms with Crippen molar-refractivity contribution in [1.29, 1.82) is 0 Å². The molecule has 1 aliphatic rings. The quantitative estimate of drug-likeness (QED) is 0.636. The van der Waals surface area contributed by atoms with E-state index < -0.39 is 17.6 Å². The second kappa shape index (κ2) is 6.55. The van der Waals surface area contributed by atoms with Gasteiger partial charge in [0.05, 0.1) is 5.56 Å². The highest BCUT2D eigenvalue weighted by molar-refractivity contribution is 6.03. The van der Waals surface area contributed by atoms with Crippen molar-refractivity contribution >= 4 is 17.4 Å². The van der Waals surface area contributed by atoms with Crippen LogP contribution in [-0.2, 0) is 6.18 Å². The van der Waals surface area contributed by atoms with Gasteiger partial charge in [0.1, 0.15) is 12.4 Å². The molecule has 26 heavy (non-hydrogen) atoms. The summed E-state index contributed by atoms with van der Waals surface area (Å²) in [6.07, 6.45) is -2.79. The summed E-state index contributed by atoms with van der Waals surface area (Å²) in [6, 6.07) is 9.52. The van der Waals surface area contributed by atoms with Gasteiger partial charge in [-0.15, -0.1) is 0 Å². The third-order valence-corrected chi connectivity index (χ3v) is 3.77. The molecule has 8 heteroatoms. The number of nitrogens with zero attached hydrogens (tertiary/aromatic N) is 1. The van der Waals surface area contributed by atoms with E-state index in [2.05, 4.69) is 4.99 Å². The van der Waals surface area contributed by atoms with Gasteiger partial charge in [0.25, 0.3) is 5.91 Å². The summed E-state index contributed by atoms with van der Waals surface area (Å²) in [5.41, 5.74) is 11.3. The molecule has 0 spiro atoms. The van der Waals surface area contributed by atoms with Gasteiger partial charge in [-0.2, -0.15) is 18.2 Å². The number of benzene rings is 2. The van der Waals surface area contributed by atoms with Crippen LogP contribution in [0.1, 0.15) is 27.0 Å². The highest BCUT2D eigenvalue weighted by Gasteiger charge is 2.31. The number of halogens is 3. The first-order valence-corrected chi connectivity index (χ1v) is 7.54. The molecular formula is C18H14F3N3O2. The first-order chi connectivity index (χ1) is 12.3. The molecule has 0 aliphatic carbocycles. The minimum absolute atomic E-state index is 0.195. The van der Waals surface area contributed by atoms with Gasteiger partial charge < -0.3 is 16.2 Å². The van der Waals surface area contributed by atoms with E-state index in [9.17, 15) is 18.0 Å². The molecule has 134 valence electrons. The highest BCUT2D eigenvalue weighted by Crippen LogP contribution is 2.37. The summed E-state index contributed by atoms with van der Waals surface area (Å²) < 4.78 is 44.5. The Hall–Kier alpha value is -3.29. The minimum atomic E-state index is -4.45. The van der Waals surface area contributed by atoms with Gasteiger partial charge in [0, 0.05) is 11.1 Å². The van der Waals surface area contributed by atoms with Gasteiger partial charge in [0.2, 0.25) is 0 Å². The number of rotatable bonds is 2. The molecule has 1 heterocycles. The Morgan fingerprint density at radius 1 is 1.12 bits per heavy atom. The van der Waals surface area contributed by atoms with Crippen molar-refractivity contribution in [3.63, 3.8) is 0 Å². The molecule has 0 fully saturated rings. The lowest BCUT2D eigenvalue weighted by Gasteiger charge is -2.20. The van der Waals surface area contributed by atoms with Crippen LogP contribution in [0.25, 0.3) is 5.57 Å². The third kappa shape index (κ3) is 3.53. The number of hydrogen-bond donors (Lipinski definition) is 2. The maximum atomic E-state index is 13.0. The van der Waals surface area contributed by atoms with Crippen molar-refractivity contribution in [1.82, 2.24) is 0 Å². The van der Waals surface area contributed by atoms with Gasteiger partial charge in [-0.05, 0) is 47.5 Å². The van der Waals surface area contributed by atoms with Crippen molar-refractivity contribution in [2.24, 2.45) is 16.5 Å². The Bertz CT molecular complexity index is 930. The van der Waals surface area contributed by atoms with E-state index in [1.165, 1.54) is 18.2 Å². The van der Waals surface area contributed by atoms with Gasteiger partial charge >= 0.3 is 6.18 Å². The van der Waals surface area contributed by atoms with E-state index in [1.54, 1.807) is 18.2 Å². The average molecular weight is 361 g/mol. The fourth-order valence-electron chi connectivity index (χ4n) is 2.64. The Kier molecular flexibility index (Phi) is 4.41. The lowest BCUT2D eigenvalue weighted by atomic mass is 9.93. The van der Waals surface area contributed by atoms with Gasteiger partial charge in [-0.1, -0.05) is 12.1 Å². The smallest absolute Gasteiger partial charge is 0.416 e. The molecule has 2 aromatic rings. The number of amides is 1. The molecule has 0 saturated carbocycles. The molecule has 0 bridgehead atoms. The van der Waals surface area contributed by atoms with Gasteiger partial charge in [-0.25, -0.2) is 0 Å². The number of fused-ring (bicyclic) bond motifs is 1. The lowest BCUT2D eigenvalue weighted by molar-refractivity contribution is -0.137. The van der Waals surface area contributed by atoms with Crippen molar-refractivity contribution in [3.05, 3.63) is 70.8 Å². The molecule has 1 aliphatic heterocycles. The molecule has 4 N–H and O–H groups in total. The molecule has 2 aromatic carbocycles. The van der Waals surface area contributed by atoms with Crippen molar-refractivity contribution < 1.29 is 22.7 Å². The molecule has 0 saturated heterocycles. The van der Waals surface area contributed by atoms with E-state index in [1.807, 2.05) is 0 Å². The third-order valence-electron chi connectivity index (χ3n) is 3.77. The average Bonchev–Trinajstić information content (AvgIpc) is 2.59. The fraction of sp³-hybridized carbons (Fsp3) is 0.111. The largest absolute Gasteiger partial charge is 0.489 e. The van der Waals surface area contributed by atoms with Crippen LogP contribution in [0, 0.1) is 0 Å². The lowest BCUT2D eigenvalue weighted by Crippen LogP contribution is -2.24. The molecule has 0 radical (unpaired) electrons. The summed E-state index contributed by atoms with van der Waals surface area (Å²) in [6.45, 7) is 0.208. The second-order valence-corrected chi connectivity index (χ2v) is 5.56. The number of ether oxygens (including phenoxy) is 1. The van der Waals surface area contributed by atoms with Crippen LogP contribution >= 0.6 is 0 Å². The van der Waals surface area contributed by atoms with Crippen LogP contribution in [0.3, 0.4) is 0 Å². The normalized spacial score (nSPS) is 13.3. The number of nitrogens with two attached hydrogens (primary N) is 2. The van der Waals surface area contributed by atoms with E-state index in [0.29, 0.717) is 22.4 Å². The maximum Gasteiger partial charge on any atom is 0.416 e. The zero-order valence-corrected chi connectivity index (χ0v) is 13.4. The van der Waals surface area contributed by atoms with Crippen LogP contribution in [0.15, 0.2) is 53.5 Å². The minimum Gasteiger partial charge on any atom is -0.489 e. The summed E-state index contributed by atoms with van der Waals surface area (Å²) in [4.78, 5) is 15.5. The summed E-state index contributed by atoms with van der Waals surface area (Å²) in [7, 11) is 0. The van der Waals surface area contributed by atoms with Crippen LogP contribution in [-0.4, -0.2) is 18.5 Å². The summed E-state index contributed by atoms with van der Waals surface area (Å²) in [5, 5.41) is 0. The first-order valence-electron chi connectivity index (χ1n) is 7.54. The highest BCUT2D eigenvalue weighted by atomic mass is 19.4. The molecule has 0 atom stereocenters. The first kappa shape index (κ1) is 17.5. The molecule has 0 aromatic heterocycles. The molecule has 0 unspecified atom stereocenters. The van der Waals surface area contributed by atoms with Crippen LogP contribution in [0.4, 0.5) is 13.2 Å². The summed E-state index contributed by atoms with van der Waals surface area (Å²) in [5.74, 6) is -0.569. The fourth-order valence-corrected chi connectivity index (χ4v) is 2.64. The molecule has 5 nitrogen and oxygen atoms in total. The number of guanidine groups is 1. The van der Waals surface area contributed by atoms with E-state index in [4.69, 9.17) is 16.2 Å². The Morgan fingerprint density at radius 3 is 2.58 bits per heavy atom. The van der Waals surface area contributed by atoms with Crippen LogP contribution < -0.4 is 16.2 Å². The monoisotopic (exact) mass is 361 g/mol. The molecule has 1 amide bonds. The van der Waals surface area contributed by atoms with Crippen molar-refractivity contribution in [2.45, 2.75) is 6.18 Å². The van der Waals surface area contributed by atoms with Crippen LogP contribution in [0.5, 0.6) is 5.75 Å².